The number of nitrogens with one attached hydrogen (secondary N) is 1. The predicted molar refractivity (Wildman–Crippen MR) is 59.5 cm³/mol. The number of rotatable bonds is 0. The smallest absolute Gasteiger partial charge is 0.410 e. The lowest BCUT2D eigenvalue weighted by Gasteiger charge is -2.47. The standard InChI is InChI=1S/C11H18N2O4/c1-10(2,3)17-9(15)13-4-8(14)12-11(5-13)6-16-7-11/h4-7H2,1-3H3,(H,12,14). The van der Waals surface area contributed by atoms with Crippen LogP contribution in [0.1, 0.15) is 20.8 Å². The van der Waals surface area contributed by atoms with Crippen LogP contribution in [0.25, 0.3) is 0 Å². The van der Waals surface area contributed by atoms with E-state index in [9.17, 15) is 9.59 Å². The van der Waals surface area contributed by atoms with Gasteiger partial charge in [-0.05, 0) is 20.8 Å². The van der Waals surface area contributed by atoms with Crippen molar-refractivity contribution < 1.29 is 19.1 Å². The summed E-state index contributed by atoms with van der Waals surface area (Å²) in [5.74, 6) is -0.162. The van der Waals surface area contributed by atoms with E-state index in [-0.39, 0.29) is 12.5 Å². The minimum atomic E-state index is -0.547. The molecule has 0 unspecified atom stereocenters. The van der Waals surface area contributed by atoms with E-state index in [1.807, 2.05) is 0 Å². The van der Waals surface area contributed by atoms with E-state index >= 15 is 0 Å². The van der Waals surface area contributed by atoms with Crippen LogP contribution >= 0.6 is 0 Å². The first kappa shape index (κ1) is 12.2. The third-order valence-electron chi connectivity index (χ3n) is 2.64. The van der Waals surface area contributed by atoms with Gasteiger partial charge in [-0.2, -0.15) is 0 Å². The van der Waals surface area contributed by atoms with Crippen molar-refractivity contribution in [2.45, 2.75) is 31.9 Å². The molecule has 0 radical (unpaired) electrons. The van der Waals surface area contributed by atoms with Gasteiger partial charge in [0.2, 0.25) is 5.91 Å². The van der Waals surface area contributed by atoms with Gasteiger partial charge in [-0.15, -0.1) is 0 Å². The summed E-state index contributed by atoms with van der Waals surface area (Å²) in [6, 6.07) is 0. The summed E-state index contributed by atoms with van der Waals surface area (Å²) in [5, 5.41) is 2.86. The highest BCUT2D eigenvalue weighted by atomic mass is 16.6. The van der Waals surface area contributed by atoms with Crippen molar-refractivity contribution in [1.82, 2.24) is 10.2 Å². The molecule has 2 aliphatic rings. The van der Waals surface area contributed by atoms with Gasteiger partial charge >= 0.3 is 6.09 Å². The largest absolute Gasteiger partial charge is 0.444 e. The molecule has 0 atom stereocenters. The van der Waals surface area contributed by atoms with Gasteiger partial charge in [0.15, 0.2) is 0 Å². The van der Waals surface area contributed by atoms with Gasteiger partial charge in [0.05, 0.1) is 19.8 Å². The maximum Gasteiger partial charge on any atom is 0.410 e. The van der Waals surface area contributed by atoms with Crippen LogP contribution in [0, 0.1) is 0 Å². The van der Waals surface area contributed by atoms with Gasteiger partial charge in [0.25, 0.3) is 0 Å². The van der Waals surface area contributed by atoms with E-state index in [2.05, 4.69) is 5.32 Å². The van der Waals surface area contributed by atoms with Crippen LogP contribution in [0.3, 0.4) is 0 Å². The molecule has 0 bridgehead atoms. The number of carbonyl (C=O) groups excluding carboxylic acids is 2. The lowest BCUT2D eigenvalue weighted by atomic mass is 9.94. The molecule has 6 heteroatoms. The highest BCUT2D eigenvalue weighted by Crippen LogP contribution is 2.22. The average molecular weight is 242 g/mol. The maximum absolute atomic E-state index is 11.9. The fourth-order valence-corrected chi connectivity index (χ4v) is 1.94. The van der Waals surface area contributed by atoms with Crippen molar-refractivity contribution in [3.8, 4) is 0 Å². The number of nitrogens with zero attached hydrogens (tertiary/aromatic N) is 1. The molecule has 2 heterocycles. The van der Waals surface area contributed by atoms with Gasteiger partial charge in [0.1, 0.15) is 17.7 Å². The Labute approximate surface area is 100 Å². The SMILES string of the molecule is CC(C)(C)OC(=O)N1CC(=O)NC2(COC2)C1. The summed E-state index contributed by atoms with van der Waals surface area (Å²) in [6.45, 7) is 6.83. The first-order chi connectivity index (χ1) is 7.80. The summed E-state index contributed by atoms with van der Waals surface area (Å²) in [7, 11) is 0. The molecule has 1 spiro atoms. The maximum atomic E-state index is 11.9. The molecule has 0 aromatic rings. The molecule has 0 aromatic heterocycles. The van der Waals surface area contributed by atoms with E-state index < -0.39 is 17.2 Å². The molecule has 1 N–H and O–H groups in total. The van der Waals surface area contributed by atoms with E-state index in [0.717, 1.165) is 0 Å². The molecule has 0 aromatic carbocycles. The highest BCUT2D eigenvalue weighted by molar-refractivity contribution is 5.84. The second kappa shape index (κ2) is 3.87. The van der Waals surface area contributed by atoms with Crippen molar-refractivity contribution in [1.29, 1.82) is 0 Å². The average Bonchev–Trinajstić information content (AvgIpc) is 2.11. The molecule has 17 heavy (non-hydrogen) atoms. The number of hydrogen-bond donors (Lipinski definition) is 1. The zero-order valence-corrected chi connectivity index (χ0v) is 10.4. The lowest BCUT2D eigenvalue weighted by Crippen LogP contribution is -2.72. The molecular formula is C11H18N2O4. The zero-order valence-electron chi connectivity index (χ0n) is 10.4. The normalized spacial score (nSPS) is 23.0. The van der Waals surface area contributed by atoms with E-state index in [0.29, 0.717) is 19.8 Å². The topological polar surface area (TPSA) is 67.9 Å². The molecule has 2 amide bonds. The van der Waals surface area contributed by atoms with Crippen molar-refractivity contribution >= 4 is 12.0 Å². The molecule has 0 saturated carbocycles. The second-order valence-corrected chi connectivity index (χ2v) is 5.66. The summed E-state index contributed by atoms with van der Waals surface area (Å²) in [5.41, 5.74) is -0.944. The Kier molecular flexibility index (Phi) is 2.77. The summed E-state index contributed by atoms with van der Waals surface area (Å²) in [6.07, 6.45) is -0.446. The third kappa shape index (κ3) is 2.69. The van der Waals surface area contributed by atoms with Crippen molar-refractivity contribution in [3.63, 3.8) is 0 Å². The van der Waals surface area contributed by atoms with Crippen LogP contribution in [0.5, 0.6) is 0 Å². The van der Waals surface area contributed by atoms with Crippen LogP contribution in [-0.4, -0.2) is 54.3 Å². The van der Waals surface area contributed by atoms with Gasteiger partial charge in [-0.25, -0.2) is 4.79 Å². The van der Waals surface area contributed by atoms with Gasteiger partial charge < -0.3 is 14.8 Å². The van der Waals surface area contributed by atoms with E-state index in [4.69, 9.17) is 9.47 Å². The molecule has 6 nitrogen and oxygen atoms in total. The highest BCUT2D eigenvalue weighted by Gasteiger charge is 2.46. The lowest BCUT2D eigenvalue weighted by molar-refractivity contribution is -0.144. The van der Waals surface area contributed by atoms with Crippen molar-refractivity contribution in [2.75, 3.05) is 26.3 Å². The van der Waals surface area contributed by atoms with Crippen LogP contribution in [0.4, 0.5) is 4.79 Å². The molecule has 2 fully saturated rings. The van der Waals surface area contributed by atoms with Crippen LogP contribution < -0.4 is 5.32 Å². The van der Waals surface area contributed by atoms with Crippen molar-refractivity contribution in [3.05, 3.63) is 0 Å². The Bertz CT molecular complexity index is 344. The monoisotopic (exact) mass is 242 g/mol. The molecular weight excluding hydrogens is 224 g/mol. The van der Waals surface area contributed by atoms with Crippen molar-refractivity contribution in [2.24, 2.45) is 0 Å². The Morgan fingerprint density at radius 2 is 2.12 bits per heavy atom. The minimum Gasteiger partial charge on any atom is -0.444 e. The molecule has 2 aliphatic heterocycles. The minimum absolute atomic E-state index is 0.0522. The fourth-order valence-electron chi connectivity index (χ4n) is 1.94. The summed E-state index contributed by atoms with van der Waals surface area (Å²) < 4.78 is 10.4. The molecule has 96 valence electrons. The fraction of sp³-hybridized carbons (Fsp3) is 0.818. The van der Waals surface area contributed by atoms with E-state index in [1.165, 1.54) is 4.90 Å². The van der Waals surface area contributed by atoms with Crippen LogP contribution in [0.2, 0.25) is 0 Å². The Balaban J connectivity index is 2.00. The van der Waals surface area contributed by atoms with E-state index in [1.54, 1.807) is 20.8 Å². The second-order valence-electron chi connectivity index (χ2n) is 5.66. The quantitative estimate of drug-likeness (QED) is 0.655. The Morgan fingerprint density at radius 3 is 2.59 bits per heavy atom. The predicted octanol–water partition coefficient (Wildman–Crippen LogP) is 0.122. The molecule has 2 saturated heterocycles. The number of hydrogen-bond acceptors (Lipinski definition) is 4. The third-order valence-corrected chi connectivity index (χ3v) is 2.64. The summed E-state index contributed by atoms with van der Waals surface area (Å²) >= 11 is 0. The molecule has 0 aliphatic carbocycles. The van der Waals surface area contributed by atoms with Gasteiger partial charge in [-0.1, -0.05) is 0 Å². The molecule has 2 rings (SSSR count). The number of amides is 2. The number of carbonyl (C=O) groups is 2. The Morgan fingerprint density at radius 1 is 1.47 bits per heavy atom. The number of ether oxygens (including phenoxy) is 2. The van der Waals surface area contributed by atoms with Gasteiger partial charge in [-0.3, -0.25) is 9.69 Å². The Hall–Kier alpha value is -1.30. The van der Waals surface area contributed by atoms with Gasteiger partial charge in [0, 0.05) is 0 Å². The first-order valence-corrected chi connectivity index (χ1v) is 5.66. The first-order valence-electron chi connectivity index (χ1n) is 5.66. The summed E-state index contributed by atoms with van der Waals surface area (Å²) in [4.78, 5) is 24.8. The zero-order chi connectivity index (χ0) is 12.7. The van der Waals surface area contributed by atoms with Crippen LogP contribution in [-0.2, 0) is 14.3 Å². The number of piperazine rings is 1. The van der Waals surface area contributed by atoms with Crippen LogP contribution in [0.15, 0.2) is 0 Å².